The average Bonchev–Trinajstić information content (AvgIpc) is 3.32. The van der Waals surface area contributed by atoms with Gasteiger partial charge < -0.3 is 10.2 Å². The van der Waals surface area contributed by atoms with E-state index in [1.165, 1.54) is 17.3 Å². The number of anilines is 1. The highest BCUT2D eigenvalue weighted by atomic mass is 19.1. The van der Waals surface area contributed by atoms with Crippen LogP contribution in [0.3, 0.4) is 0 Å². The zero-order valence-corrected chi connectivity index (χ0v) is 16.0. The molecule has 0 saturated carbocycles. The largest absolute Gasteiger partial charge is 0.374 e. The third kappa shape index (κ3) is 3.61. The Morgan fingerprint density at radius 2 is 1.82 bits per heavy atom. The number of hydrogen-bond donors (Lipinski definition) is 1. The van der Waals surface area contributed by atoms with Gasteiger partial charge in [-0.2, -0.15) is 0 Å². The van der Waals surface area contributed by atoms with Crippen LogP contribution >= 0.6 is 0 Å². The van der Waals surface area contributed by atoms with Crippen LogP contribution in [0.25, 0.3) is 0 Å². The van der Waals surface area contributed by atoms with E-state index in [9.17, 15) is 13.6 Å². The molecule has 2 aromatic carbocycles. The van der Waals surface area contributed by atoms with Crippen molar-refractivity contribution in [2.75, 3.05) is 38.1 Å². The van der Waals surface area contributed by atoms with Crippen molar-refractivity contribution in [3.8, 4) is 0 Å². The fourth-order valence-electron chi connectivity index (χ4n) is 4.30. The first-order valence-corrected chi connectivity index (χ1v) is 9.85. The van der Waals surface area contributed by atoms with Gasteiger partial charge in [0.25, 0.3) is 5.91 Å². The smallest absolute Gasteiger partial charge is 0.257 e. The first kappa shape index (κ1) is 18.9. The van der Waals surface area contributed by atoms with Gasteiger partial charge in [-0.15, -0.1) is 0 Å². The Hall–Kier alpha value is -2.47. The molecule has 1 fully saturated rings. The van der Waals surface area contributed by atoms with Crippen molar-refractivity contribution in [2.24, 2.45) is 0 Å². The van der Waals surface area contributed by atoms with E-state index in [1.54, 1.807) is 0 Å². The Labute approximate surface area is 164 Å². The lowest BCUT2D eigenvalue weighted by atomic mass is 10.0. The summed E-state index contributed by atoms with van der Waals surface area (Å²) in [6, 6.07) is 9.93. The molecule has 1 atom stereocenters. The van der Waals surface area contributed by atoms with Gasteiger partial charge in [0.2, 0.25) is 0 Å². The minimum absolute atomic E-state index is 0.00232. The number of likely N-dealkylation sites (tertiary alicyclic amines) is 1. The Balaban J connectivity index is 1.55. The Morgan fingerprint density at radius 1 is 1.11 bits per heavy atom. The number of fused-ring (bicyclic) bond motifs is 1. The maximum Gasteiger partial charge on any atom is 0.257 e. The lowest BCUT2D eigenvalue weighted by Gasteiger charge is -2.29. The van der Waals surface area contributed by atoms with E-state index >= 15 is 0 Å². The number of nitrogens with one attached hydrogen (secondary N) is 1. The van der Waals surface area contributed by atoms with Crippen LogP contribution in [0.1, 0.15) is 40.4 Å². The molecule has 148 valence electrons. The van der Waals surface area contributed by atoms with Gasteiger partial charge >= 0.3 is 0 Å². The number of amides is 1. The highest BCUT2D eigenvalue weighted by molar-refractivity contribution is 5.94. The quantitative estimate of drug-likeness (QED) is 0.855. The Kier molecular flexibility index (Phi) is 5.31. The number of rotatable bonds is 5. The maximum absolute atomic E-state index is 13.9. The van der Waals surface area contributed by atoms with Gasteiger partial charge in [-0.3, -0.25) is 9.69 Å². The van der Waals surface area contributed by atoms with Crippen molar-refractivity contribution >= 4 is 11.6 Å². The average molecular weight is 385 g/mol. The molecule has 1 unspecified atom stereocenters. The van der Waals surface area contributed by atoms with Crippen LogP contribution in [0.15, 0.2) is 36.4 Å². The topological polar surface area (TPSA) is 35.6 Å². The van der Waals surface area contributed by atoms with Gasteiger partial charge in [-0.25, -0.2) is 8.78 Å². The lowest BCUT2D eigenvalue weighted by molar-refractivity contribution is 0.0929. The van der Waals surface area contributed by atoms with Crippen LogP contribution in [0, 0.1) is 11.6 Å². The number of benzene rings is 2. The molecule has 2 aliphatic heterocycles. The second-order valence-electron chi connectivity index (χ2n) is 7.63. The molecule has 0 spiro atoms. The molecule has 0 aliphatic carbocycles. The molecular weight excluding hydrogens is 360 g/mol. The standard InChI is InChI=1S/C22H25F2N3O/c1-26-12-9-16-13-15(7-8-19(16)26)20(27-10-2-3-11-27)14-25-22(28)21-17(23)5-4-6-18(21)24/h4-8,13,20H,2-3,9-12,14H2,1H3,(H,25,28). The predicted molar refractivity (Wildman–Crippen MR) is 106 cm³/mol. The summed E-state index contributed by atoms with van der Waals surface area (Å²) in [7, 11) is 2.09. The monoisotopic (exact) mass is 385 g/mol. The van der Waals surface area contributed by atoms with E-state index in [0.29, 0.717) is 6.54 Å². The normalized spacial score (nSPS) is 17.6. The summed E-state index contributed by atoms with van der Waals surface area (Å²) in [5, 5.41) is 2.76. The number of likely N-dealkylation sites (N-methyl/N-ethyl adjacent to an activating group) is 1. The van der Waals surface area contributed by atoms with Crippen LogP contribution < -0.4 is 10.2 Å². The number of hydrogen-bond acceptors (Lipinski definition) is 3. The van der Waals surface area contributed by atoms with Gasteiger partial charge in [-0.05, 0) is 61.7 Å². The number of carbonyl (C=O) groups is 1. The second kappa shape index (κ2) is 7.87. The van der Waals surface area contributed by atoms with Gasteiger partial charge in [0.15, 0.2) is 0 Å². The molecule has 2 aliphatic rings. The summed E-state index contributed by atoms with van der Waals surface area (Å²) in [6.07, 6.45) is 3.26. The van der Waals surface area contributed by atoms with Crippen molar-refractivity contribution in [3.05, 3.63) is 64.7 Å². The Morgan fingerprint density at radius 3 is 2.54 bits per heavy atom. The summed E-state index contributed by atoms with van der Waals surface area (Å²) in [4.78, 5) is 17.0. The molecular formula is C22H25F2N3O. The van der Waals surface area contributed by atoms with Crippen molar-refractivity contribution in [1.82, 2.24) is 10.2 Å². The Bertz CT molecular complexity index is 860. The zero-order valence-electron chi connectivity index (χ0n) is 16.0. The second-order valence-corrected chi connectivity index (χ2v) is 7.63. The number of halogens is 2. The third-order valence-electron chi connectivity index (χ3n) is 5.84. The van der Waals surface area contributed by atoms with E-state index < -0.39 is 23.1 Å². The van der Waals surface area contributed by atoms with Gasteiger partial charge in [-0.1, -0.05) is 18.2 Å². The first-order valence-electron chi connectivity index (χ1n) is 9.85. The van der Waals surface area contributed by atoms with Gasteiger partial charge in [0, 0.05) is 25.8 Å². The number of carbonyl (C=O) groups excluding carboxylic acids is 1. The van der Waals surface area contributed by atoms with E-state index in [2.05, 4.69) is 40.4 Å². The molecule has 1 N–H and O–H groups in total. The minimum atomic E-state index is -0.837. The van der Waals surface area contributed by atoms with Crippen LogP contribution in [-0.4, -0.2) is 44.0 Å². The van der Waals surface area contributed by atoms with Crippen LogP contribution in [0.2, 0.25) is 0 Å². The summed E-state index contributed by atoms with van der Waals surface area (Å²) in [5.74, 6) is -2.38. The molecule has 28 heavy (non-hydrogen) atoms. The van der Waals surface area contributed by atoms with Crippen molar-refractivity contribution in [1.29, 1.82) is 0 Å². The van der Waals surface area contributed by atoms with Crippen molar-refractivity contribution in [3.63, 3.8) is 0 Å². The molecule has 2 aromatic rings. The van der Waals surface area contributed by atoms with Crippen LogP contribution in [0.4, 0.5) is 14.5 Å². The SMILES string of the molecule is CN1CCc2cc(C(CNC(=O)c3c(F)cccc3F)N3CCCC3)ccc21. The van der Waals surface area contributed by atoms with Crippen LogP contribution in [0.5, 0.6) is 0 Å². The van der Waals surface area contributed by atoms with E-state index in [-0.39, 0.29) is 6.04 Å². The summed E-state index contributed by atoms with van der Waals surface area (Å²) in [6.45, 7) is 3.26. The van der Waals surface area contributed by atoms with E-state index in [0.717, 1.165) is 56.6 Å². The van der Waals surface area contributed by atoms with Gasteiger partial charge in [0.1, 0.15) is 17.2 Å². The molecule has 1 saturated heterocycles. The fourth-order valence-corrected chi connectivity index (χ4v) is 4.30. The van der Waals surface area contributed by atoms with Crippen molar-refractivity contribution in [2.45, 2.75) is 25.3 Å². The van der Waals surface area contributed by atoms with Crippen LogP contribution in [-0.2, 0) is 6.42 Å². The minimum Gasteiger partial charge on any atom is -0.374 e. The summed E-state index contributed by atoms with van der Waals surface area (Å²) >= 11 is 0. The summed E-state index contributed by atoms with van der Waals surface area (Å²) < 4.78 is 27.8. The molecule has 0 aromatic heterocycles. The highest BCUT2D eigenvalue weighted by Crippen LogP contribution is 2.32. The maximum atomic E-state index is 13.9. The van der Waals surface area contributed by atoms with E-state index in [4.69, 9.17) is 0 Å². The molecule has 6 heteroatoms. The lowest BCUT2D eigenvalue weighted by Crippen LogP contribution is -2.37. The number of nitrogens with zero attached hydrogens (tertiary/aromatic N) is 2. The van der Waals surface area contributed by atoms with Crippen molar-refractivity contribution < 1.29 is 13.6 Å². The highest BCUT2D eigenvalue weighted by Gasteiger charge is 2.27. The molecule has 4 rings (SSSR count). The van der Waals surface area contributed by atoms with E-state index in [1.807, 2.05) is 0 Å². The third-order valence-corrected chi connectivity index (χ3v) is 5.84. The molecule has 1 amide bonds. The molecule has 4 nitrogen and oxygen atoms in total. The van der Waals surface area contributed by atoms with Gasteiger partial charge in [0.05, 0.1) is 6.04 Å². The zero-order chi connectivity index (χ0) is 19.7. The molecule has 0 bridgehead atoms. The predicted octanol–water partition coefficient (Wildman–Crippen LogP) is 3.52. The summed E-state index contributed by atoms with van der Waals surface area (Å²) in [5.41, 5.74) is 3.19. The fraction of sp³-hybridized carbons (Fsp3) is 0.409. The molecule has 0 radical (unpaired) electrons. The molecule has 2 heterocycles. The first-order chi connectivity index (χ1) is 13.5.